The molecule has 31 heavy (non-hydrogen) atoms. The summed E-state index contributed by atoms with van der Waals surface area (Å²) in [6.45, 7) is 3.60. The van der Waals surface area contributed by atoms with Crippen molar-refractivity contribution in [2.75, 3.05) is 0 Å². The van der Waals surface area contributed by atoms with Gasteiger partial charge in [-0.15, -0.1) is 20.4 Å². The molecule has 1 N–H and O–H groups in total. The van der Waals surface area contributed by atoms with Gasteiger partial charge in [-0.25, -0.2) is 9.50 Å². The van der Waals surface area contributed by atoms with Crippen LogP contribution in [-0.2, 0) is 0 Å². The molecule has 0 atom stereocenters. The number of nitriles is 1. The first-order valence-electron chi connectivity index (χ1n) is 9.34. The van der Waals surface area contributed by atoms with E-state index in [1.807, 2.05) is 37.3 Å². The maximum absolute atomic E-state index is 9.60. The lowest BCUT2D eigenvalue weighted by atomic mass is 10.2. The smallest absolute Gasteiger partial charge is 0.205 e. The average Bonchev–Trinajstić information content (AvgIpc) is 3.44. The highest BCUT2D eigenvalue weighted by molar-refractivity contribution is 5.70. The molecule has 0 saturated carbocycles. The predicted molar refractivity (Wildman–Crippen MR) is 110 cm³/mol. The van der Waals surface area contributed by atoms with Gasteiger partial charge in [0.2, 0.25) is 5.65 Å². The third kappa shape index (κ3) is 3.03. The van der Waals surface area contributed by atoms with Crippen molar-refractivity contribution in [2.45, 2.75) is 13.8 Å². The Morgan fingerprint density at radius 3 is 2.65 bits per heavy atom. The number of nitrogens with one attached hydrogen (secondary N) is 1. The van der Waals surface area contributed by atoms with E-state index in [4.69, 9.17) is 0 Å². The van der Waals surface area contributed by atoms with Crippen molar-refractivity contribution in [3.05, 3.63) is 65.9 Å². The van der Waals surface area contributed by atoms with Gasteiger partial charge < -0.3 is 0 Å². The Labute approximate surface area is 175 Å². The lowest BCUT2D eigenvalue weighted by Crippen LogP contribution is -1.99. The molecule has 0 spiro atoms. The number of aromatic amines is 1. The SMILES string of the molecule is Cc1nn(-c2cnccn2)c(N=Nc2c(C)[nH]n3c(-c4ccccc4)nnc23)c1C#N. The largest absolute Gasteiger partial charge is 0.293 e. The minimum atomic E-state index is 0.266. The number of hydrogen-bond donors (Lipinski definition) is 1. The molecule has 0 aliphatic heterocycles. The highest BCUT2D eigenvalue weighted by Crippen LogP contribution is 2.31. The summed E-state index contributed by atoms with van der Waals surface area (Å²) in [6.07, 6.45) is 4.64. The van der Waals surface area contributed by atoms with Crippen LogP contribution in [0.15, 0.2) is 59.2 Å². The summed E-state index contributed by atoms with van der Waals surface area (Å²) in [7, 11) is 0. The van der Waals surface area contributed by atoms with E-state index in [1.165, 1.54) is 10.9 Å². The average molecular weight is 409 g/mol. The zero-order valence-electron chi connectivity index (χ0n) is 16.6. The van der Waals surface area contributed by atoms with Crippen molar-refractivity contribution in [2.24, 2.45) is 10.2 Å². The highest BCUT2D eigenvalue weighted by Gasteiger charge is 2.19. The van der Waals surface area contributed by atoms with Gasteiger partial charge in [0, 0.05) is 18.0 Å². The molecule has 0 bridgehead atoms. The fraction of sp³-hybridized carbons (Fsp3) is 0.100. The molecular formula is C20H15N11. The van der Waals surface area contributed by atoms with Crippen LogP contribution >= 0.6 is 0 Å². The zero-order valence-corrected chi connectivity index (χ0v) is 16.6. The lowest BCUT2D eigenvalue weighted by molar-refractivity contribution is 0.819. The number of fused-ring (bicyclic) bond motifs is 1. The van der Waals surface area contributed by atoms with Crippen LogP contribution in [0.25, 0.3) is 22.9 Å². The van der Waals surface area contributed by atoms with Crippen LogP contribution in [0, 0.1) is 25.2 Å². The van der Waals surface area contributed by atoms with E-state index in [0.717, 1.165) is 11.3 Å². The molecule has 1 aromatic carbocycles. The van der Waals surface area contributed by atoms with Gasteiger partial charge in [-0.2, -0.15) is 15.0 Å². The number of benzene rings is 1. The Balaban J connectivity index is 1.62. The molecule has 4 aromatic heterocycles. The molecule has 0 aliphatic carbocycles. The summed E-state index contributed by atoms with van der Waals surface area (Å²) in [5, 5.41) is 34.5. The molecule has 150 valence electrons. The molecule has 4 heterocycles. The molecular weight excluding hydrogens is 394 g/mol. The van der Waals surface area contributed by atoms with Crippen molar-refractivity contribution in [1.82, 2.24) is 39.6 Å². The van der Waals surface area contributed by atoms with Crippen LogP contribution in [0.5, 0.6) is 0 Å². The number of aryl methyl sites for hydroxylation is 2. The minimum absolute atomic E-state index is 0.266. The normalized spacial score (nSPS) is 11.4. The summed E-state index contributed by atoms with van der Waals surface area (Å²) in [6, 6.07) is 11.9. The van der Waals surface area contributed by atoms with Crippen molar-refractivity contribution in [3.63, 3.8) is 0 Å². The van der Waals surface area contributed by atoms with E-state index in [9.17, 15) is 5.26 Å². The number of hydrogen-bond acceptors (Lipinski definition) is 8. The van der Waals surface area contributed by atoms with Gasteiger partial charge >= 0.3 is 0 Å². The summed E-state index contributed by atoms with van der Waals surface area (Å²) in [5.74, 6) is 1.37. The van der Waals surface area contributed by atoms with Gasteiger partial charge in [0.1, 0.15) is 11.6 Å². The first kappa shape index (κ1) is 18.3. The maximum Gasteiger partial charge on any atom is 0.205 e. The quantitative estimate of drug-likeness (QED) is 0.450. The second-order valence-electron chi connectivity index (χ2n) is 6.71. The molecule has 0 unspecified atom stereocenters. The Bertz CT molecular complexity index is 1450. The summed E-state index contributed by atoms with van der Waals surface area (Å²) < 4.78 is 3.21. The third-order valence-electron chi connectivity index (χ3n) is 4.70. The Kier molecular flexibility index (Phi) is 4.30. The van der Waals surface area contributed by atoms with Gasteiger partial charge in [0.15, 0.2) is 23.1 Å². The number of azo groups is 1. The van der Waals surface area contributed by atoms with Gasteiger partial charge in [-0.05, 0) is 13.8 Å². The summed E-state index contributed by atoms with van der Waals surface area (Å²) in [5.41, 5.74) is 3.55. The topological polar surface area (TPSA) is 138 Å². The van der Waals surface area contributed by atoms with Crippen LogP contribution in [-0.4, -0.2) is 39.6 Å². The van der Waals surface area contributed by atoms with Crippen molar-refractivity contribution in [1.29, 1.82) is 5.26 Å². The Hall–Kier alpha value is -4.72. The first-order chi connectivity index (χ1) is 15.2. The van der Waals surface area contributed by atoms with E-state index in [0.29, 0.717) is 34.2 Å². The molecule has 11 nitrogen and oxygen atoms in total. The number of aromatic nitrogens is 8. The number of H-pyrrole nitrogens is 1. The fourth-order valence-electron chi connectivity index (χ4n) is 3.22. The van der Waals surface area contributed by atoms with Gasteiger partial charge in [-0.1, -0.05) is 30.3 Å². The van der Waals surface area contributed by atoms with Crippen LogP contribution < -0.4 is 0 Å². The van der Waals surface area contributed by atoms with Crippen LogP contribution in [0.3, 0.4) is 0 Å². The van der Waals surface area contributed by atoms with E-state index in [-0.39, 0.29) is 5.82 Å². The van der Waals surface area contributed by atoms with Crippen molar-refractivity contribution < 1.29 is 0 Å². The molecule has 5 rings (SSSR count). The molecule has 11 heteroatoms. The standard InChI is InChI=1S/C20H15N11/c1-12-15(10-21)19(30(28-12)16-11-22-8-9-23-16)26-24-17-13(2)29-31-18(25-27-20(17)31)14-6-4-3-5-7-14/h3-9,11,29H,1-2H3. The molecule has 5 aromatic rings. The number of nitrogens with zero attached hydrogens (tertiary/aromatic N) is 10. The van der Waals surface area contributed by atoms with Crippen LogP contribution in [0.1, 0.15) is 17.0 Å². The monoisotopic (exact) mass is 409 g/mol. The zero-order chi connectivity index (χ0) is 21.4. The van der Waals surface area contributed by atoms with Gasteiger partial charge in [0.25, 0.3) is 0 Å². The van der Waals surface area contributed by atoms with Crippen molar-refractivity contribution >= 4 is 17.2 Å². The predicted octanol–water partition coefficient (Wildman–Crippen LogP) is 3.60. The molecule has 0 radical (unpaired) electrons. The van der Waals surface area contributed by atoms with E-state index < -0.39 is 0 Å². The Morgan fingerprint density at radius 2 is 1.90 bits per heavy atom. The van der Waals surface area contributed by atoms with Crippen LogP contribution in [0.2, 0.25) is 0 Å². The molecule has 0 saturated heterocycles. The van der Waals surface area contributed by atoms with Crippen LogP contribution in [0.4, 0.5) is 11.5 Å². The van der Waals surface area contributed by atoms with E-state index >= 15 is 0 Å². The lowest BCUT2D eigenvalue weighted by Gasteiger charge is -2.00. The number of rotatable bonds is 4. The van der Waals surface area contributed by atoms with E-state index in [2.05, 4.69) is 46.7 Å². The minimum Gasteiger partial charge on any atom is -0.293 e. The van der Waals surface area contributed by atoms with Gasteiger partial charge in [-0.3, -0.25) is 10.1 Å². The first-order valence-corrected chi connectivity index (χ1v) is 9.34. The second-order valence-corrected chi connectivity index (χ2v) is 6.71. The second kappa shape index (κ2) is 7.27. The maximum atomic E-state index is 9.60. The Morgan fingerprint density at radius 1 is 1.06 bits per heavy atom. The highest BCUT2D eigenvalue weighted by atomic mass is 15.4. The summed E-state index contributed by atoms with van der Waals surface area (Å²) >= 11 is 0. The fourth-order valence-corrected chi connectivity index (χ4v) is 3.22. The molecule has 0 fully saturated rings. The summed E-state index contributed by atoms with van der Waals surface area (Å²) in [4.78, 5) is 8.30. The van der Waals surface area contributed by atoms with Crippen molar-refractivity contribution in [3.8, 4) is 23.3 Å². The molecule has 0 amide bonds. The molecule has 0 aliphatic rings. The van der Waals surface area contributed by atoms with Gasteiger partial charge in [0.05, 0.1) is 17.6 Å². The third-order valence-corrected chi connectivity index (χ3v) is 4.70. The van der Waals surface area contributed by atoms with E-state index in [1.54, 1.807) is 23.8 Å².